The molecule has 2 saturated carbocycles. The summed E-state index contributed by atoms with van der Waals surface area (Å²) in [5, 5.41) is 3.10. The fraction of sp³-hybridized carbons (Fsp3) is 0.909. The van der Waals surface area contributed by atoms with Crippen LogP contribution in [0.1, 0.15) is 38.5 Å². The average molecular weight is 196 g/mol. The highest BCUT2D eigenvalue weighted by atomic mass is 16.1. The Hall–Kier alpha value is -0.570. The summed E-state index contributed by atoms with van der Waals surface area (Å²) >= 11 is 0. The number of nitrogens with two attached hydrogens (primary N) is 1. The lowest BCUT2D eigenvalue weighted by Gasteiger charge is -2.28. The molecule has 1 amide bonds. The van der Waals surface area contributed by atoms with E-state index in [1.165, 1.54) is 32.1 Å². The number of carbonyl (C=O) groups is 1. The molecule has 3 nitrogen and oxygen atoms in total. The maximum absolute atomic E-state index is 11.4. The SMILES string of the molecule is NCCC(=O)NC1CC2CCC(C2)C1. The van der Waals surface area contributed by atoms with Gasteiger partial charge in [0, 0.05) is 19.0 Å². The molecule has 2 fully saturated rings. The minimum atomic E-state index is 0.138. The lowest BCUT2D eigenvalue weighted by Crippen LogP contribution is -2.39. The van der Waals surface area contributed by atoms with Gasteiger partial charge in [0.1, 0.15) is 0 Å². The van der Waals surface area contributed by atoms with E-state index in [0.717, 1.165) is 11.8 Å². The molecular formula is C11H20N2O. The van der Waals surface area contributed by atoms with Crippen molar-refractivity contribution in [2.24, 2.45) is 17.6 Å². The second kappa shape index (κ2) is 4.30. The van der Waals surface area contributed by atoms with Crippen LogP contribution in [0.25, 0.3) is 0 Å². The van der Waals surface area contributed by atoms with Crippen molar-refractivity contribution in [3.05, 3.63) is 0 Å². The summed E-state index contributed by atoms with van der Waals surface area (Å²) in [5.74, 6) is 1.91. The van der Waals surface area contributed by atoms with Gasteiger partial charge >= 0.3 is 0 Å². The zero-order chi connectivity index (χ0) is 9.97. The molecule has 3 heteroatoms. The van der Waals surface area contributed by atoms with E-state index in [9.17, 15) is 4.79 Å². The van der Waals surface area contributed by atoms with Crippen molar-refractivity contribution in [2.45, 2.75) is 44.6 Å². The van der Waals surface area contributed by atoms with Crippen molar-refractivity contribution in [2.75, 3.05) is 6.54 Å². The molecule has 14 heavy (non-hydrogen) atoms. The molecule has 0 radical (unpaired) electrons. The van der Waals surface area contributed by atoms with Crippen molar-refractivity contribution in [3.63, 3.8) is 0 Å². The normalized spacial score (nSPS) is 35.6. The summed E-state index contributed by atoms with van der Waals surface area (Å²) in [4.78, 5) is 11.4. The number of hydrogen-bond donors (Lipinski definition) is 2. The Bertz CT molecular complexity index is 205. The molecule has 80 valence electrons. The monoisotopic (exact) mass is 196 g/mol. The molecule has 0 aromatic rings. The Labute approximate surface area is 85.4 Å². The van der Waals surface area contributed by atoms with Crippen LogP contribution in [0.3, 0.4) is 0 Å². The quantitative estimate of drug-likeness (QED) is 0.708. The number of rotatable bonds is 3. The highest BCUT2D eigenvalue weighted by molar-refractivity contribution is 5.76. The van der Waals surface area contributed by atoms with Gasteiger partial charge in [-0.05, 0) is 31.1 Å². The highest BCUT2D eigenvalue weighted by Crippen LogP contribution is 2.41. The van der Waals surface area contributed by atoms with Crippen LogP contribution in [0.5, 0.6) is 0 Å². The van der Waals surface area contributed by atoms with Crippen LogP contribution in [-0.4, -0.2) is 18.5 Å². The van der Waals surface area contributed by atoms with E-state index in [1.807, 2.05) is 0 Å². The fourth-order valence-electron chi connectivity index (χ4n) is 3.06. The number of hydrogen-bond acceptors (Lipinski definition) is 2. The van der Waals surface area contributed by atoms with Gasteiger partial charge in [-0.25, -0.2) is 0 Å². The van der Waals surface area contributed by atoms with Gasteiger partial charge in [0.2, 0.25) is 5.91 Å². The predicted octanol–water partition coefficient (Wildman–Crippen LogP) is 1.03. The van der Waals surface area contributed by atoms with E-state index in [-0.39, 0.29) is 5.91 Å². The van der Waals surface area contributed by atoms with E-state index >= 15 is 0 Å². The number of fused-ring (bicyclic) bond motifs is 2. The minimum Gasteiger partial charge on any atom is -0.353 e. The maximum atomic E-state index is 11.4. The molecule has 0 aliphatic heterocycles. The molecule has 3 N–H and O–H groups in total. The fourth-order valence-corrected chi connectivity index (χ4v) is 3.06. The van der Waals surface area contributed by atoms with Gasteiger partial charge in [-0.15, -0.1) is 0 Å². The van der Waals surface area contributed by atoms with E-state index < -0.39 is 0 Å². The van der Waals surface area contributed by atoms with Gasteiger partial charge < -0.3 is 11.1 Å². The lowest BCUT2D eigenvalue weighted by molar-refractivity contribution is -0.121. The number of amides is 1. The lowest BCUT2D eigenvalue weighted by atomic mass is 9.85. The first kappa shape index (κ1) is 9.97. The molecule has 0 aromatic heterocycles. The largest absolute Gasteiger partial charge is 0.353 e. The molecule has 2 aliphatic carbocycles. The molecule has 2 unspecified atom stereocenters. The van der Waals surface area contributed by atoms with Gasteiger partial charge in [0.15, 0.2) is 0 Å². The molecule has 2 atom stereocenters. The standard InChI is InChI=1S/C11H20N2O/c12-4-3-11(14)13-10-6-8-1-2-9(5-8)7-10/h8-10H,1-7,12H2,(H,13,14). The smallest absolute Gasteiger partial charge is 0.221 e. The van der Waals surface area contributed by atoms with E-state index in [2.05, 4.69) is 5.32 Å². The van der Waals surface area contributed by atoms with Crippen LogP contribution in [0.4, 0.5) is 0 Å². The van der Waals surface area contributed by atoms with Crippen molar-refractivity contribution in [3.8, 4) is 0 Å². The Balaban J connectivity index is 1.79. The van der Waals surface area contributed by atoms with Crippen LogP contribution < -0.4 is 11.1 Å². The molecule has 0 heterocycles. The van der Waals surface area contributed by atoms with E-state index in [1.54, 1.807) is 0 Å². The van der Waals surface area contributed by atoms with E-state index in [4.69, 9.17) is 5.73 Å². The Kier molecular flexibility index (Phi) is 3.06. The number of nitrogens with one attached hydrogen (secondary N) is 1. The van der Waals surface area contributed by atoms with E-state index in [0.29, 0.717) is 19.0 Å². The average Bonchev–Trinajstić information content (AvgIpc) is 2.46. The third-order valence-corrected chi connectivity index (χ3v) is 3.62. The van der Waals surface area contributed by atoms with Gasteiger partial charge in [-0.1, -0.05) is 12.8 Å². The molecule has 0 spiro atoms. The predicted molar refractivity (Wildman–Crippen MR) is 55.7 cm³/mol. The maximum Gasteiger partial charge on any atom is 0.221 e. The van der Waals surface area contributed by atoms with Crippen molar-refractivity contribution in [1.29, 1.82) is 0 Å². The third-order valence-electron chi connectivity index (χ3n) is 3.62. The van der Waals surface area contributed by atoms with Gasteiger partial charge in [-0.3, -0.25) is 4.79 Å². The van der Waals surface area contributed by atoms with Crippen LogP contribution in [-0.2, 0) is 4.79 Å². The second-order valence-corrected chi connectivity index (χ2v) is 4.82. The Morgan fingerprint density at radius 1 is 1.21 bits per heavy atom. The van der Waals surface area contributed by atoms with Crippen LogP contribution in [0, 0.1) is 11.8 Å². The highest BCUT2D eigenvalue weighted by Gasteiger charge is 2.34. The Morgan fingerprint density at radius 3 is 2.43 bits per heavy atom. The van der Waals surface area contributed by atoms with Crippen molar-refractivity contribution >= 4 is 5.91 Å². The molecule has 2 rings (SSSR count). The first-order valence-electron chi connectivity index (χ1n) is 5.77. The first-order valence-corrected chi connectivity index (χ1v) is 5.77. The molecule has 2 aliphatic rings. The van der Waals surface area contributed by atoms with Gasteiger partial charge in [0.25, 0.3) is 0 Å². The third kappa shape index (κ3) is 2.27. The summed E-state index contributed by atoms with van der Waals surface area (Å²) < 4.78 is 0. The molecule has 0 aromatic carbocycles. The summed E-state index contributed by atoms with van der Waals surface area (Å²) in [6, 6.07) is 0.445. The topological polar surface area (TPSA) is 55.1 Å². The zero-order valence-electron chi connectivity index (χ0n) is 8.67. The summed E-state index contributed by atoms with van der Waals surface area (Å²) in [5.41, 5.74) is 5.34. The van der Waals surface area contributed by atoms with Crippen molar-refractivity contribution in [1.82, 2.24) is 5.32 Å². The Morgan fingerprint density at radius 2 is 1.86 bits per heavy atom. The number of carbonyl (C=O) groups excluding carboxylic acids is 1. The minimum absolute atomic E-state index is 0.138. The van der Waals surface area contributed by atoms with Crippen LogP contribution in [0.2, 0.25) is 0 Å². The zero-order valence-corrected chi connectivity index (χ0v) is 8.67. The van der Waals surface area contributed by atoms with Crippen LogP contribution >= 0.6 is 0 Å². The summed E-state index contributed by atoms with van der Waals surface area (Å²) in [6.45, 7) is 0.464. The molecule has 0 saturated heterocycles. The molecular weight excluding hydrogens is 176 g/mol. The van der Waals surface area contributed by atoms with Gasteiger partial charge in [-0.2, -0.15) is 0 Å². The molecule has 2 bridgehead atoms. The summed E-state index contributed by atoms with van der Waals surface area (Å²) in [7, 11) is 0. The van der Waals surface area contributed by atoms with Gasteiger partial charge in [0.05, 0.1) is 0 Å². The van der Waals surface area contributed by atoms with Crippen molar-refractivity contribution < 1.29 is 4.79 Å². The second-order valence-electron chi connectivity index (χ2n) is 4.82. The first-order chi connectivity index (χ1) is 6.78. The summed E-state index contributed by atoms with van der Waals surface area (Å²) in [6.07, 6.45) is 7.05. The van der Waals surface area contributed by atoms with Crippen LogP contribution in [0.15, 0.2) is 0 Å².